The summed E-state index contributed by atoms with van der Waals surface area (Å²) in [7, 11) is 0. The number of allylic oxidation sites excluding steroid dienone is 2. The Balaban J connectivity index is 1.88. The number of aliphatic hydroxyl groups excluding tert-OH is 3. The monoisotopic (exact) mass is 362 g/mol. The van der Waals surface area contributed by atoms with Crippen LogP contribution in [0.15, 0.2) is 24.3 Å². The molecule has 3 rings (SSSR count). The maximum absolute atomic E-state index is 10.4. The lowest BCUT2D eigenvalue weighted by Gasteiger charge is -2.56. The van der Waals surface area contributed by atoms with E-state index >= 15 is 0 Å². The van der Waals surface area contributed by atoms with E-state index in [0.29, 0.717) is 30.1 Å². The smallest absolute Gasteiger partial charge is 0.0546 e. The molecule has 0 bridgehead atoms. The molecule has 3 aliphatic carbocycles. The fourth-order valence-corrected chi connectivity index (χ4v) is 6.70. The predicted molar refractivity (Wildman–Crippen MR) is 106 cm³/mol. The largest absolute Gasteiger partial charge is 0.396 e. The number of aliphatic hydroxyl groups is 3. The van der Waals surface area contributed by atoms with Gasteiger partial charge in [-0.2, -0.15) is 0 Å². The third kappa shape index (κ3) is 3.31. The zero-order chi connectivity index (χ0) is 18.9. The Bertz CT molecular complexity index is 542. The van der Waals surface area contributed by atoms with E-state index in [-0.39, 0.29) is 30.1 Å². The van der Waals surface area contributed by atoms with E-state index in [1.54, 1.807) is 0 Å². The van der Waals surface area contributed by atoms with Crippen LogP contribution in [-0.4, -0.2) is 34.6 Å². The van der Waals surface area contributed by atoms with E-state index in [4.69, 9.17) is 5.11 Å². The summed E-state index contributed by atoms with van der Waals surface area (Å²) in [6.07, 6.45) is 12.1. The van der Waals surface area contributed by atoms with Crippen LogP contribution < -0.4 is 0 Å². The minimum Gasteiger partial charge on any atom is -0.396 e. The van der Waals surface area contributed by atoms with Crippen LogP contribution in [0.1, 0.15) is 65.2 Å². The first kappa shape index (κ1) is 20.1. The third-order valence-electron chi connectivity index (χ3n) is 8.50. The Hall–Kier alpha value is -0.640. The number of hydrogen-bond acceptors (Lipinski definition) is 3. The molecule has 0 heterocycles. The molecule has 3 aliphatic rings. The molecular formula is C23H38O3. The summed E-state index contributed by atoms with van der Waals surface area (Å²) in [5, 5.41) is 29.8. The SMILES string of the molecule is C=C1CCC2[C@H](CO)C([C@@]3(C)CC[C@H](O)C[C@@H]3C=CCCO)CC[C@]12C. The number of rotatable bonds is 5. The van der Waals surface area contributed by atoms with E-state index in [0.717, 1.165) is 32.1 Å². The van der Waals surface area contributed by atoms with Gasteiger partial charge in [0.05, 0.1) is 6.10 Å². The van der Waals surface area contributed by atoms with Crippen LogP contribution in [0.3, 0.4) is 0 Å². The molecule has 0 spiro atoms. The van der Waals surface area contributed by atoms with E-state index in [1.807, 2.05) is 0 Å². The molecule has 0 aromatic carbocycles. The molecule has 0 aromatic heterocycles. The highest BCUT2D eigenvalue weighted by Crippen LogP contribution is 2.63. The van der Waals surface area contributed by atoms with E-state index in [9.17, 15) is 10.2 Å². The van der Waals surface area contributed by atoms with Crippen molar-refractivity contribution in [2.45, 2.75) is 71.3 Å². The zero-order valence-corrected chi connectivity index (χ0v) is 16.7. The topological polar surface area (TPSA) is 60.7 Å². The van der Waals surface area contributed by atoms with Gasteiger partial charge in [-0.15, -0.1) is 0 Å². The minimum atomic E-state index is -0.223. The van der Waals surface area contributed by atoms with Gasteiger partial charge in [0.1, 0.15) is 0 Å². The average Bonchev–Trinajstić information content (AvgIpc) is 2.92. The lowest BCUT2D eigenvalue weighted by atomic mass is 9.49. The number of hydrogen-bond donors (Lipinski definition) is 3. The molecule has 2 unspecified atom stereocenters. The first-order chi connectivity index (χ1) is 12.4. The normalized spacial score (nSPS) is 46.7. The molecule has 3 saturated carbocycles. The lowest BCUT2D eigenvalue weighted by molar-refractivity contribution is -0.0825. The van der Waals surface area contributed by atoms with Crippen molar-refractivity contribution in [2.24, 2.45) is 34.5 Å². The molecule has 3 heteroatoms. The highest BCUT2D eigenvalue weighted by atomic mass is 16.3. The van der Waals surface area contributed by atoms with Crippen LogP contribution >= 0.6 is 0 Å². The van der Waals surface area contributed by atoms with Crippen molar-refractivity contribution in [1.82, 2.24) is 0 Å². The molecule has 7 atom stereocenters. The molecule has 3 N–H and O–H groups in total. The second-order valence-electron chi connectivity index (χ2n) is 9.64. The predicted octanol–water partition coefficient (Wildman–Crippen LogP) is 4.08. The minimum absolute atomic E-state index is 0.115. The van der Waals surface area contributed by atoms with E-state index in [1.165, 1.54) is 18.4 Å². The van der Waals surface area contributed by atoms with Gasteiger partial charge in [-0.25, -0.2) is 0 Å². The molecular weight excluding hydrogens is 324 g/mol. The van der Waals surface area contributed by atoms with Crippen molar-refractivity contribution in [3.05, 3.63) is 24.3 Å². The second-order valence-corrected chi connectivity index (χ2v) is 9.64. The van der Waals surface area contributed by atoms with E-state index in [2.05, 4.69) is 32.6 Å². The van der Waals surface area contributed by atoms with Gasteiger partial charge < -0.3 is 15.3 Å². The maximum Gasteiger partial charge on any atom is 0.0546 e. The van der Waals surface area contributed by atoms with Crippen LogP contribution in [0, 0.1) is 34.5 Å². The Morgan fingerprint density at radius 3 is 2.58 bits per heavy atom. The van der Waals surface area contributed by atoms with Crippen molar-refractivity contribution in [2.75, 3.05) is 13.2 Å². The zero-order valence-electron chi connectivity index (χ0n) is 16.7. The van der Waals surface area contributed by atoms with E-state index < -0.39 is 0 Å². The van der Waals surface area contributed by atoms with Crippen molar-refractivity contribution in [1.29, 1.82) is 0 Å². The fraction of sp³-hybridized carbons (Fsp3) is 0.826. The molecule has 3 nitrogen and oxygen atoms in total. The summed E-state index contributed by atoms with van der Waals surface area (Å²) < 4.78 is 0. The van der Waals surface area contributed by atoms with Crippen LogP contribution in [0.5, 0.6) is 0 Å². The van der Waals surface area contributed by atoms with Crippen molar-refractivity contribution in [3.63, 3.8) is 0 Å². The van der Waals surface area contributed by atoms with Gasteiger partial charge >= 0.3 is 0 Å². The van der Waals surface area contributed by atoms with Crippen LogP contribution in [0.25, 0.3) is 0 Å². The van der Waals surface area contributed by atoms with Gasteiger partial charge in [-0.05, 0) is 85.9 Å². The second kappa shape index (κ2) is 7.77. The van der Waals surface area contributed by atoms with Crippen LogP contribution in [-0.2, 0) is 0 Å². The fourth-order valence-electron chi connectivity index (χ4n) is 6.70. The molecule has 3 fully saturated rings. The van der Waals surface area contributed by atoms with Crippen molar-refractivity contribution < 1.29 is 15.3 Å². The van der Waals surface area contributed by atoms with Gasteiger partial charge in [0.25, 0.3) is 0 Å². The third-order valence-corrected chi connectivity index (χ3v) is 8.50. The van der Waals surface area contributed by atoms with Crippen molar-refractivity contribution >= 4 is 0 Å². The number of fused-ring (bicyclic) bond motifs is 1. The Kier molecular flexibility index (Phi) is 6.01. The molecule has 0 amide bonds. The highest BCUT2D eigenvalue weighted by molar-refractivity contribution is 5.21. The molecule has 0 radical (unpaired) electrons. The summed E-state index contributed by atoms with van der Waals surface area (Å²) in [6, 6.07) is 0. The van der Waals surface area contributed by atoms with Gasteiger partial charge in [-0.1, -0.05) is 38.2 Å². The summed E-state index contributed by atoms with van der Waals surface area (Å²) in [5.41, 5.74) is 1.71. The Morgan fingerprint density at radius 2 is 1.88 bits per heavy atom. The Morgan fingerprint density at radius 1 is 1.12 bits per heavy atom. The summed E-state index contributed by atoms with van der Waals surface area (Å²) >= 11 is 0. The van der Waals surface area contributed by atoms with Crippen LogP contribution in [0.2, 0.25) is 0 Å². The van der Waals surface area contributed by atoms with Crippen LogP contribution in [0.4, 0.5) is 0 Å². The molecule has 0 aliphatic heterocycles. The first-order valence-electron chi connectivity index (χ1n) is 10.6. The van der Waals surface area contributed by atoms with Gasteiger partial charge in [-0.3, -0.25) is 0 Å². The Labute approximate surface area is 159 Å². The molecule has 0 aromatic rings. The first-order valence-corrected chi connectivity index (χ1v) is 10.6. The molecule has 0 saturated heterocycles. The van der Waals surface area contributed by atoms with Crippen molar-refractivity contribution in [3.8, 4) is 0 Å². The molecule has 148 valence electrons. The quantitative estimate of drug-likeness (QED) is 0.646. The molecule has 26 heavy (non-hydrogen) atoms. The maximum atomic E-state index is 10.4. The van der Waals surface area contributed by atoms with Gasteiger partial charge in [0, 0.05) is 13.2 Å². The average molecular weight is 363 g/mol. The standard InChI is InChI=1S/C23H38O3/c1-16-7-8-20-19(15-25)21(10-12-22(16,20)2)23(3)11-9-18(26)14-17(23)6-4-5-13-24/h4,6,17-21,24-26H,1,5,7-15H2,2-3H3/t17-,18-,19-,20?,21?,22+,23-/m0/s1. The summed E-state index contributed by atoms with van der Waals surface area (Å²) in [4.78, 5) is 0. The summed E-state index contributed by atoms with van der Waals surface area (Å²) in [5.74, 6) is 1.70. The lowest BCUT2D eigenvalue weighted by Crippen LogP contribution is -2.50. The highest BCUT2D eigenvalue weighted by Gasteiger charge is 2.56. The summed E-state index contributed by atoms with van der Waals surface area (Å²) in [6.45, 7) is 9.57. The van der Waals surface area contributed by atoms with Gasteiger partial charge in [0.15, 0.2) is 0 Å². The van der Waals surface area contributed by atoms with Gasteiger partial charge in [0.2, 0.25) is 0 Å².